The van der Waals surface area contributed by atoms with Crippen molar-refractivity contribution in [3.8, 4) is 0 Å². The van der Waals surface area contributed by atoms with E-state index in [0.717, 1.165) is 25.8 Å². The monoisotopic (exact) mass is 495 g/mol. The molecule has 8 heteroatoms. The van der Waals surface area contributed by atoms with Crippen LogP contribution in [0.15, 0.2) is 71.1 Å². The van der Waals surface area contributed by atoms with Crippen molar-refractivity contribution >= 4 is 68.1 Å². The molecule has 1 atom stereocenters. The molecule has 1 heterocycles. The van der Waals surface area contributed by atoms with E-state index in [1.807, 2.05) is 56.3 Å². The Morgan fingerprint density at radius 2 is 1.70 bits per heavy atom. The molecule has 0 radical (unpaired) electrons. The summed E-state index contributed by atoms with van der Waals surface area (Å²) in [6, 6.07) is 20.1. The van der Waals surface area contributed by atoms with E-state index in [2.05, 4.69) is 15.6 Å². The van der Waals surface area contributed by atoms with Crippen LogP contribution in [0.2, 0.25) is 5.02 Å². The van der Waals surface area contributed by atoms with Crippen molar-refractivity contribution in [1.29, 1.82) is 0 Å². The van der Waals surface area contributed by atoms with Crippen LogP contribution in [0.1, 0.15) is 29.3 Å². The molecule has 33 heavy (non-hydrogen) atoms. The first-order valence-electron chi connectivity index (χ1n) is 10.4. The second-order valence-electron chi connectivity index (χ2n) is 7.49. The van der Waals surface area contributed by atoms with Crippen LogP contribution in [-0.4, -0.2) is 22.0 Å². The smallest absolute Gasteiger partial charge is 0.255 e. The van der Waals surface area contributed by atoms with E-state index in [1.54, 1.807) is 24.3 Å². The van der Waals surface area contributed by atoms with Crippen LogP contribution in [0, 0.1) is 6.92 Å². The molecule has 2 amide bonds. The Bertz CT molecular complexity index is 1290. The maximum Gasteiger partial charge on any atom is 0.255 e. The molecule has 5 nitrogen and oxygen atoms in total. The predicted molar refractivity (Wildman–Crippen MR) is 139 cm³/mol. The lowest BCUT2D eigenvalue weighted by atomic mass is 10.2. The largest absolute Gasteiger partial charge is 0.325 e. The van der Waals surface area contributed by atoms with Crippen molar-refractivity contribution in [3.05, 3.63) is 82.9 Å². The number of fused-ring (bicyclic) bond motifs is 1. The lowest BCUT2D eigenvalue weighted by Crippen LogP contribution is -2.24. The minimum absolute atomic E-state index is 0.0403. The van der Waals surface area contributed by atoms with E-state index in [1.165, 1.54) is 23.1 Å². The third-order valence-electron chi connectivity index (χ3n) is 4.96. The van der Waals surface area contributed by atoms with Gasteiger partial charge in [-0.15, -0.1) is 11.3 Å². The minimum Gasteiger partial charge on any atom is -0.325 e. The first-order chi connectivity index (χ1) is 15.9. The molecular formula is C25H22ClN3O2S2. The molecule has 4 aromatic rings. The number of hydrogen-bond acceptors (Lipinski definition) is 5. The third kappa shape index (κ3) is 5.93. The average Bonchev–Trinajstić information content (AvgIpc) is 3.21. The van der Waals surface area contributed by atoms with E-state index in [4.69, 9.17) is 11.6 Å². The number of aryl methyl sites for hydroxylation is 1. The summed E-state index contributed by atoms with van der Waals surface area (Å²) in [6.45, 7) is 4.00. The molecule has 2 N–H and O–H groups in total. The number of benzene rings is 3. The predicted octanol–water partition coefficient (Wildman–Crippen LogP) is 7.02. The number of nitrogens with zero attached hydrogens (tertiary/aromatic N) is 1. The number of nitrogens with one attached hydrogen (secondary N) is 2. The molecule has 0 fully saturated rings. The zero-order chi connectivity index (χ0) is 23.4. The Kier molecular flexibility index (Phi) is 7.33. The minimum atomic E-state index is -0.254. The van der Waals surface area contributed by atoms with E-state index in [9.17, 15) is 9.59 Å². The zero-order valence-corrected chi connectivity index (χ0v) is 20.5. The molecule has 4 rings (SSSR count). The Hall–Kier alpha value is -2.87. The highest BCUT2D eigenvalue weighted by molar-refractivity contribution is 8.02. The van der Waals surface area contributed by atoms with Gasteiger partial charge in [0.25, 0.3) is 5.91 Å². The Morgan fingerprint density at radius 1 is 1.00 bits per heavy atom. The van der Waals surface area contributed by atoms with Crippen molar-refractivity contribution < 1.29 is 9.59 Å². The van der Waals surface area contributed by atoms with Crippen molar-refractivity contribution in [1.82, 2.24) is 4.98 Å². The molecule has 0 aliphatic carbocycles. The van der Waals surface area contributed by atoms with Gasteiger partial charge in [0.05, 0.1) is 15.5 Å². The number of carbonyl (C=O) groups excluding carboxylic acids is 2. The highest BCUT2D eigenvalue weighted by Gasteiger charge is 2.20. The normalized spacial score (nSPS) is 11.8. The van der Waals surface area contributed by atoms with Crippen LogP contribution in [0.25, 0.3) is 10.2 Å². The number of thioether (sulfide) groups is 1. The quantitative estimate of drug-likeness (QED) is 0.270. The number of rotatable bonds is 7. The summed E-state index contributed by atoms with van der Waals surface area (Å²) < 4.78 is 1.76. The number of halogens is 1. The standard InChI is InChI=1S/C25H22ClN3O2S2/c1-3-21(24(31)27-18-10-4-15(2)5-11-18)32-25-29-20-13-12-19(14-22(20)33-25)28-23(30)16-6-8-17(26)9-7-16/h4-14,21H,3H2,1-2H3,(H,27,31)(H,28,30). The molecule has 168 valence electrons. The molecule has 0 bridgehead atoms. The Labute approximate surface area is 205 Å². The number of anilines is 2. The van der Waals surface area contributed by atoms with Crippen LogP contribution in [-0.2, 0) is 4.79 Å². The number of carbonyl (C=O) groups is 2. The SMILES string of the molecule is CCC(Sc1nc2ccc(NC(=O)c3ccc(Cl)cc3)cc2s1)C(=O)Nc1ccc(C)cc1. The van der Waals surface area contributed by atoms with Crippen LogP contribution in [0.3, 0.4) is 0 Å². The fourth-order valence-electron chi connectivity index (χ4n) is 3.14. The Morgan fingerprint density at radius 3 is 2.39 bits per heavy atom. The number of hydrogen-bond donors (Lipinski definition) is 2. The van der Waals surface area contributed by atoms with Crippen LogP contribution < -0.4 is 10.6 Å². The Balaban J connectivity index is 1.44. The lowest BCUT2D eigenvalue weighted by molar-refractivity contribution is -0.115. The summed E-state index contributed by atoms with van der Waals surface area (Å²) in [5, 5.41) is 6.22. The molecule has 0 aliphatic heterocycles. The van der Waals surface area contributed by atoms with Gasteiger partial charge in [-0.05, 0) is 67.9 Å². The van der Waals surface area contributed by atoms with Gasteiger partial charge in [-0.3, -0.25) is 9.59 Å². The summed E-state index contributed by atoms with van der Waals surface area (Å²) in [7, 11) is 0. The van der Waals surface area contributed by atoms with Gasteiger partial charge in [0.15, 0.2) is 4.34 Å². The highest BCUT2D eigenvalue weighted by atomic mass is 35.5. The van der Waals surface area contributed by atoms with E-state index in [0.29, 0.717) is 22.7 Å². The maximum atomic E-state index is 12.8. The number of amides is 2. The fourth-order valence-corrected chi connectivity index (χ4v) is 5.54. The van der Waals surface area contributed by atoms with Crippen LogP contribution in [0.4, 0.5) is 11.4 Å². The second kappa shape index (κ2) is 10.4. The first kappa shape index (κ1) is 23.3. The first-order valence-corrected chi connectivity index (χ1v) is 12.5. The molecule has 0 spiro atoms. The average molecular weight is 496 g/mol. The number of thiazole rings is 1. The van der Waals surface area contributed by atoms with Gasteiger partial charge in [-0.2, -0.15) is 0 Å². The summed E-state index contributed by atoms with van der Waals surface area (Å²) in [4.78, 5) is 29.9. The summed E-state index contributed by atoms with van der Waals surface area (Å²) in [5.41, 5.74) is 3.99. The third-order valence-corrected chi connectivity index (χ3v) is 7.69. The fraction of sp³-hybridized carbons (Fsp3) is 0.160. The van der Waals surface area contributed by atoms with Crippen LogP contribution in [0.5, 0.6) is 0 Å². The summed E-state index contributed by atoms with van der Waals surface area (Å²) >= 11 is 8.86. The van der Waals surface area contributed by atoms with Crippen molar-refractivity contribution in [2.75, 3.05) is 10.6 Å². The van der Waals surface area contributed by atoms with E-state index >= 15 is 0 Å². The van der Waals surface area contributed by atoms with E-state index < -0.39 is 0 Å². The molecular weight excluding hydrogens is 474 g/mol. The van der Waals surface area contributed by atoms with Gasteiger partial charge >= 0.3 is 0 Å². The van der Waals surface area contributed by atoms with Crippen molar-refractivity contribution in [2.45, 2.75) is 29.9 Å². The van der Waals surface area contributed by atoms with Gasteiger partial charge < -0.3 is 10.6 Å². The van der Waals surface area contributed by atoms with E-state index in [-0.39, 0.29) is 17.1 Å². The second-order valence-corrected chi connectivity index (χ2v) is 10.4. The van der Waals surface area contributed by atoms with Gasteiger partial charge in [-0.25, -0.2) is 4.98 Å². The molecule has 1 unspecified atom stereocenters. The zero-order valence-electron chi connectivity index (χ0n) is 18.1. The van der Waals surface area contributed by atoms with Crippen molar-refractivity contribution in [2.24, 2.45) is 0 Å². The molecule has 1 aromatic heterocycles. The van der Waals surface area contributed by atoms with Gasteiger partial charge in [-0.1, -0.05) is 48.0 Å². The summed E-state index contributed by atoms with van der Waals surface area (Å²) in [5.74, 6) is -0.245. The molecule has 0 saturated carbocycles. The molecule has 0 aliphatic rings. The van der Waals surface area contributed by atoms with Crippen molar-refractivity contribution in [3.63, 3.8) is 0 Å². The lowest BCUT2D eigenvalue weighted by Gasteiger charge is -2.13. The van der Waals surface area contributed by atoms with Gasteiger partial charge in [0, 0.05) is 22.0 Å². The topological polar surface area (TPSA) is 71.1 Å². The van der Waals surface area contributed by atoms with Gasteiger partial charge in [0.1, 0.15) is 0 Å². The van der Waals surface area contributed by atoms with Gasteiger partial charge in [0.2, 0.25) is 5.91 Å². The maximum absolute atomic E-state index is 12.8. The molecule has 3 aromatic carbocycles. The van der Waals surface area contributed by atoms with Crippen LogP contribution >= 0.6 is 34.7 Å². The summed E-state index contributed by atoms with van der Waals surface area (Å²) in [6.07, 6.45) is 0.681. The highest BCUT2D eigenvalue weighted by Crippen LogP contribution is 2.35. The number of aromatic nitrogens is 1. The molecule has 0 saturated heterocycles.